The van der Waals surface area contributed by atoms with Gasteiger partial charge in [-0.05, 0) is 49.6 Å². The molecule has 0 unspecified atom stereocenters. The Labute approximate surface area is 185 Å². The maximum absolute atomic E-state index is 14.5. The van der Waals surface area contributed by atoms with E-state index in [1.807, 2.05) is 0 Å². The Morgan fingerprint density at radius 3 is 2.64 bits per heavy atom. The van der Waals surface area contributed by atoms with E-state index >= 15 is 0 Å². The van der Waals surface area contributed by atoms with Gasteiger partial charge in [0.05, 0.1) is 5.56 Å². The molecule has 2 aromatic heterocycles. The molecule has 0 radical (unpaired) electrons. The van der Waals surface area contributed by atoms with Crippen LogP contribution in [0.1, 0.15) is 28.8 Å². The first-order valence-electron chi connectivity index (χ1n) is 9.95. The van der Waals surface area contributed by atoms with Crippen molar-refractivity contribution >= 4 is 23.3 Å². The van der Waals surface area contributed by atoms with Crippen molar-refractivity contribution in [2.75, 3.05) is 10.6 Å². The van der Waals surface area contributed by atoms with Gasteiger partial charge in [0.1, 0.15) is 30.2 Å². The van der Waals surface area contributed by atoms with Gasteiger partial charge in [-0.3, -0.25) is 9.59 Å². The molecular weight excluding hydrogens is 444 g/mol. The summed E-state index contributed by atoms with van der Waals surface area (Å²) in [7, 11) is 0. The molecule has 2 N–H and O–H groups in total. The van der Waals surface area contributed by atoms with Crippen LogP contribution in [-0.2, 0) is 11.3 Å². The van der Waals surface area contributed by atoms with Crippen LogP contribution in [0.5, 0.6) is 0 Å². The number of anilines is 2. The summed E-state index contributed by atoms with van der Waals surface area (Å²) in [6.07, 6.45) is -1.98. The number of nitrogens with zero attached hydrogens (tertiary/aromatic N) is 4. The minimum atomic E-state index is -4.49. The predicted octanol–water partition coefficient (Wildman–Crippen LogP) is 3.95. The Balaban J connectivity index is 1.55. The summed E-state index contributed by atoms with van der Waals surface area (Å²) >= 11 is 0. The summed E-state index contributed by atoms with van der Waals surface area (Å²) in [6, 6.07) is 6.64. The second kappa shape index (κ2) is 8.60. The molecule has 0 saturated heterocycles. The molecule has 4 rings (SSSR count). The first-order chi connectivity index (χ1) is 15.6. The lowest BCUT2D eigenvalue weighted by molar-refractivity contribution is -0.140. The van der Waals surface area contributed by atoms with Crippen molar-refractivity contribution in [3.63, 3.8) is 0 Å². The van der Waals surface area contributed by atoms with Gasteiger partial charge in [0.2, 0.25) is 5.91 Å². The number of carbonyl (C=O) groups is 2. The van der Waals surface area contributed by atoms with Crippen LogP contribution in [0.3, 0.4) is 0 Å². The number of aryl methyl sites for hydroxylation is 1. The molecule has 1 aromatic carbocycles. The van der Waals surface area contributed by atoms with Crippen molar-refractivity contribution in [1.82, 2.24) is 19.7 Å². The third kappa shape index (κ3) is 5.33. The van der Waals surface area contributed by atoms with E-state index in [1.165, 1.54) is 24.3 Å². The molecule has 0 aliphatic heterocycles. The number of hydrogen-bond acceptors (Lipinski definition) is 5. The first kappa shape index (κ1) is 22.4. The van der Waals surface area contributed by atoms with E-state index in [0.717, 1.165) is 29.8 Å². The Hall–Kier alpha value is -3.83. The van der Waals surface area contributed by atoms with Crippen molar-refractivity contribution in [2.45, 2.75) is 32.5 Å². The first-order valence-corrected chi connectivity index (χ1v) is 9.95. The van der Waals surface area contributed by atoms with Crippen molar-refractivity contribution < 1.29 is 27.2 Å². The highest BCUT2D eigenvalue weighted by Crippen LogP contribution is 2.31. The molecule has 2 heterocycles. The van der Waals surface area contributed by atoms with Gasteiger partial charge in [-0.15, -0.1) is 10.2 Å². The average molecular weight is 462 g/mol. The monoisotopic (exact) mass is 462 g/mol. The van der Waals surface area contributed by atoms with E-state index in [1.54, 1.807) is 6.92 Å². The number of amides is 2. The fourth-order valence-corrected chi connectivity index (χ4v) is 3.14. The molecule has 1 aliphatic carbocycles. The van der Waals surface area contributed by atoms with Crippen LogP contribution >= 0.6 is 0 Å². The zero-order valence-corrected chi connectivity index (χ0v) is 17.3. The number of nitrogens with one attached hydrogen (secondary N) is 2. The molecule has 0 bridgehead atoms. The number of halogens is 4. The fourth-order valence-electron chi connectivity index (χ4n) is 3.14. The molecule has 2 amide bonds. The predicted molar refractivity (Wildman–Crippen MR) is 110 cm³/mol. The highest BCUT2D eigenvalue weighted by molar-refractivity contribution is 6.05. The second-order valence-electron chi connectivity index (χ2n) is 7.67. The van der Waals surface area contributed by atoms with Crippen LogP contribution < -0.4 is 10.6 Å². The summed E-state index contributed by atoms with van der Waals surface area (Å²) in [5.74, 6) is -2.06. The van der Waals surface area contributed by atoms with Crippen molar-refractivity contribution in [3.8, 4) is 11.5 Å². The highest BCUT2D eigenvalue weighted by atomic mass is 19.4. The normalized spacial score (nSPS) is 13.6. The maximum atomic E-state index is 14.5. The quantitative estimate of drug-likeness (QED) is 0.540. The number of rotatable bonds is 6. The average Bonchev–Trinajstić information content (AvgIpc) is 3.49. The zero-order valence-electron chi connectivity index (χ0n) is 17.3. The standard InChI is InChI=1S/C21H18F4N6O2/c1-11-7-14(22)13(8-16(11)28-19(32)12-5-6-12)20(33)29-17-4-2-3-15(27-17)18-30-26-10-31(18)9-21(23,24)25/h2-4,7-8,10,12H,5-6,9H2,1H3,(H,28,32)(H,27,29,33). The zero-order chi connectivity index (χ0) is 23.8. The lowest BCUT2D eigenvalue weighted by atomic mass is 10.1. The Bertz CT molecular complexity index is 1220. The van der Waals surface area contributed by atoms with Gasteiger partial charge in [-0.2, -0.15) is 13.2 Å². The van der Waals surface area contributed by atoms with E-state index in [-0.39, 0.29) is 34.7 Å². The molecule has 0 atom stereocenters. The van der Waals surface area contributed by atoms with E-state index in [2.05, 4.69) is 25.8 Å². The summed E-state index contributed by atoms with van der Waals surface area (Å²) in [6.45, 7) is 0.299. The number of pyridine rings is 1. The molecule has 3 aromatic rings. The molecule has 1 aliphatic rings. The molecule has 0 spiro atoms. The van der Waals surface area contributed by atoms with Crippen LogP contribution in [0.25, 0.3) is 11.5 Å². The van der Waals surface area contributed by atoms with E-state index in [9.17, 15) is 27.2 Å². The van der Waals surface area contributed by atoms with Crippen molar-refractivity contribution in [1.29, 1.82) is 0 Å². The minimum absolute atomic E-state index is 0.0254. The third-order valence-electron chi connectivity index (χ3n) is 4.95. The van der Waals surface area contributed by atoms with Crippen LogP contribution in [0.4, 0.5) is 29.1 Å². The fraction of sp³-hybridized carbons (Fsp3) is 0.286. The largest absolute Gasteiger partial charge is 0.406 e. The summed E-state index contributed by atoms with van der Waals surface area (Å²) in [5.41, 5.74) is 0.498. The van der Waals surface area contributed by atoms with Crippen molar-refractivity contribution in [2.24, 2.45) is 5.92 Å². The minimum Gasteiger partial charge on any atom is -0.326 e. The maximum Gasteiger partial charge on any atom is 0.406 e. The number of carbonyl (C=O) groups excluding carboxylic acids is 2. The van der Waals surface area contributed by atoms with Crippen LogP contribution in [-0.4, -0.2) is 37.7 Å². The number of alkyl halides is 3. The topological polar surface area (TPSA) is 102 Å². The number of benzene rings is 1. The van der Waals surface area contributed by atoms with Gasteiger partial charge in [-0.25, -0.2) is 9.37 Å². The molecule has 172 valence electrons. The van der Waals surface area contributed by atoms with E-state index < -0.39 is 24.4 Å². The Morgan fingerprint density at radius 1 is 1.18 bits per heavy atom. The van der Waals surface area contributed by atoms with Gasteiger partial charge < -0.3 is 15.2 Å². The lowest BCUT2D eigenvalue weighted by Gasteiger charge is -2.12. The van der Waals surface area contributed by atoms with Crippen LogP contribution in [0.2, 0.25) is 0 Å². The van der Waals surface area contributed by atoms with Crippen LogP contribution in [0, 0.1) is 18.7 Å². The van der Waals surface area contributed by atoms with Crippen LogP contribution in [0.15, 0.2) is 36.7 Å². The number of hydrogen-bond donors (Lipinski definition) is 2. The molecule has 1 saturated carbocycles. The van der Waals surface area contributed by atoms with Gasteiger partial charge >= 0.3 is 6.18 Å². The SMILES string of the molecule is Cc1cc(F)c(C(=O)Nc2cccc(-c3nncn3CC(F)(F)F)n2)cc1NC(=O)C1CC1. The van der Waals surface area contributed by atoms with Crippen molar-refractivity contribution in [3.05, 3.63) is 53.6 Å². The molecular formula is C21H18F4N6O2. The molecule has 8 nitrogen and oxygen atoms in total. The van der Waals surface area contributed by atoms with E-state index in [4.69, 9.17) is 0 Å². The van der Waals surface area contributed by atoms with E-state index in [0.29, 0.717) is 11.3 Å². The van der Waals surface area contributed by atoms with Gasteiger partial charge in [0.15, 0.2) is 5.82 Å². The highest BCUT2D eigenvalue weighted by Gasteiger charge is 2.31. The Morgan fingerprint density at radius 2 is 1.94 bits per heavy atom. The number of aromatic nitrogens is 4. The third-order valence-corrected chi connectivity index (χ3v) is 4.95. The lowest BCUT2D eigenvalue weighted by Crippen LogP contribution is -2.19. The smallest absolute Gasteiger partial charge is 0.326 e. The van der Waals surface area contributed by atoms with Gasteiger partial charge in [0.25, 0.3) is 5.91 Å². The second-order valence-corrected chi connectivity index (χ2v) is 7.67. The van der Waals surface area contributed by atoms with Gasteiger partial charge in [0, 0.05) is 11.6 Å². The summed E-state index contributed by atoms with van der Waals surface area (Å²) in [5, 5.41) is 12.3. The molecule has 12 heteroatoms. The molecule has 1 fully saturated rings. The summed E-state index contributed by atoms with van der Waals surface area (Å²) < 4.78 is 53.6. The summed E-state index contributed by atoms with van der Waals surface area (Å²) in [4.78, 5) is 28.9. The Kier molecular flexibility index (Phi) is 5.83. The molecule has 33 heavy (non-hydrogen) atoms. The van der Waals surface area contributed by atoms with Gasteiger partial charge in [-0.1, -0.05) is 6.07 Å².